The first kappa shape index (κ1) is 12.7. The Kier molecular flexibility index (Phi) is 4.30. The lowest BCUT2D eigenvalue weighted by Gasteiger charge is -2.21. The molecule has 17 heavy (non-hydrogen) atoms. The standard InChI is InChI=1S/C14H27N3/c1-10(2)9-16-14(15)17-13-8-12(13)11-6-4-3-5-7-11/h10-13H,3-9H2,1-2H3,(H3,15,16,17). The van der Waals surface area contributed by atoms with E-state index in [0.717, 1.165) is 18.4 Å². The second-order valence-corrected chi connectivity index (χ2v) is 6.17. The summed E-state index contributed by atoms with van der Waals surface area (Å²) >= 11 is 0. The van der Waals surface area contributed by atoms with Crippen molar-refractivity contribution in [2.24, 2.45) is 28.5 Å². The summed E-state index contributed by atoms with van der Waals surface area (Å²) in [6.45, 7) is 5.16. The Balaban J connectivity index is 1.69. The van der Waals surface area contributed by atoms with E-state index in [0.29, 0.717) is 17.9 Å². The molecule has 3 heteroatoms. The third kappa shape index (κ3) is 3.90. The second-order valence-electron chi connectivity index (χ2n) is 6.17. The minimum atomic E-state index is 0.587. The van der Waals surface area contributed by atoms with Gasteiger partial charge in [0.15, 0.2) is 5.96 Å². The number of rotatable bonds is 4. The number of nitrogens with one attached hydrogen (secondary N) is 1. The summed E-state index contributed by atoms with van der Waals surface area (Å²) in [4.78, 5) is 4.37. The summed E-state index contributed by atoms with van der Waals surface area (Å²) < 4.78 is 0. The molecular formula is C14H27N3. The maximum absolute atomic E-state index is 5.89. The van der Waals surface area contributed by atoms with Gasteiger partial charge < -0.3 is 11.1 Å². The van der Waals surface area contributed by atoms with Gasteiger partial charge in [0.2, 0.25) is 0 Å². The molecule has 0 aromatic carbocycles. The number of nitrogens with zero attached hydrogens (tertiary/aromatic N) is 1. The van der Waals surface area contributed by atoms with Crippen LogP contribution < -0.4 is 11.1 Å². The smallest absolute Gasteiger partial charge is 0.188 e. The maximum atomic E-state index is 5.89. The Morgan fingerprint density at radius 1 is 1.29 bits per heavy atom. The van der Waals surface area contributed by atoms with Gasteiger partial charge in [-0.15, -0.1) is 0 Å². The lowest BCUT2D eigenvalue weighted by Crippen LogP contribution is -2.35. The predicted octanol–water partition coefficient (Wildman–Crippen LogP) is 2.52. The third-order valence-electron chi connectivity index (χ3n) is 4.06. The van der Waals surface area contributed by atoms with Crippen LogP contribution in [0.1, 0.15) is 52.4 Å². The minimum Gasteiger partial charge on any atom is -0.370 e. The van der Waals surface area contributed by atoms with Crippen LogP contribution in [0.3, 0.4) is 0 Å². The second kappa shape index (κ2) is 5.74. The van der Waals surface area contributed by atoms with E-state index in [4.69, 9.17) is 5.73 Å². The van der Waals surface area contributed by atoms with E-state index in [1.165, 1.54) is 38.5 Å². The summed E-state index contributed by atoms with van der Waals surface area (Å²) in [6.07, 6.45) is 8.50. The Hall–Kier alpha value is -0.730. The van der Waals surface area contributed by atoms with Gasteiger partial charge in [-0.3, -0.25) is 4.99 Å². The molecule has 2 rings (SSSR count). The zero-order valence-electron chi connectivity index (χ0n) is 11.3. The molecule has 2 atom stereocenters. The van der Waals surface area contributed by atoms with Crippen LogP contribution in [0.4, 0.5) is 0 Å². The lowest BCUT2D eigenvalue weighted by atomic mass is 9.85. The molecule has 3 N–H and O–H groups in total. The van der Waals surface area contributed by atoms with Crippen molar-refractivity contribution in [3.63, 3.8) is 0 Å². The average Bonchev–Trinajstić information content (AvgIpc) is 3.07. The fourth-order valence-corrected chi connectivity index (χ4v) is 2.98. The third-order valence-corrected chi connectivity index (χ3v) is 4.06. The highest BCUT2D eigenvalue weighted by atomic mass is 15.1. The van der Waals surface area contributed by atoms with Crippen molar-refractivity contribution in [2.45, 2.75) is 58.4 Å². The first-order valence-electron chi connectivity index (χ1n) is 7.23. The molecule has 2 aliphatic rings. The zero-order chi connectivity index (χ0) is 12.3. The van der Waals surface area contributed by atoms with Crippen molar-refractivity contribution in [1.29, 1.82) is 0 Å². The Morgan fingerprint density at radius 3 is 2.65 bits per heavy atom. The SMILES string of the molecule is CC(C)CN=C(N)NC1CC1C1CCCCC1. The van der Waals surface area contributed by atoms with E-state index < -0.39 is 0 Å². The van der Waals surface area contributed by atoms with Gasteiger partial charge in [-0.2, -0.15) is 0 Å². The Morgan fingerprint density at radius 2 is 2.00 bits per heavy atom. The normalized spacial score (nSPS) is 30.6. The van der Waals surface area contributed by atoms with Gasteiger partial charge in [0.25, 0.3) is 0 Å². The summed E-state index contributed by atoms with van der Waals surface area (Å²) in [6, 6.07) is 0.619. The maximum Gasteiger partial charge on any atom is 0.188 e. The molecule has 0 bridgehead atoms. The van der Waals surface area contributed by atoms with Gasteiger partial charge in [-0.05, 0) is 24.2 Å². The van der Waals surface area contributed by atoms with E-state index in [9.17, 15) is 0 Å². The van der Waals surface area contributed by atoms with Crippen LogP contribution in [0.2, 0.25) is 0 Å². The van der Waals surface area contributed by atoms with Crippen molar-refractivity contribution >= 4 is 5.96 Å². The van der Waals surface area contributed by atoms with Crippen LogP contribution in [0.5, 0.6) is 0 Å². The molecule has 0 aliphatic heterocycles. The molecule has 0 saturated heterocycles. The summed E-state index contributed by atoms with van der Waals surface area (Å²) in [5.74, 6) is 3.08. The molecule has 0 spiro atoms. The van der Waals surface area contributed by atoms with Gasteiger partial charge >= 0.3 is 0 Å². The fourth-order valence-electron chi connectivity index (χ4n) is 2.98. The van der Waals surface area contributed by atoms with Crippen LogP contribution in [-0.4, -0.2) is 18.5 Å². The molecule has 0 aromatic rings. The molecule has 2 aliphatic carbocycles. The molecule has 98 valence electrons. The van der Waals surface area contributed by atoms with Crippen molar-refractivity contribution < 1.29 is 0 Å². The van der Waals surface area contributed by atoms with E-state index in [1.807, 2.05) is 0 Å². The van der Waals surface area contributed by atoms with Crippen LogP contribution in [0.15, 0.2) is 4.99 Å². The van der Waals surface area contributed by atoms with Crippen LogP contribution >= 0.6 is 0 Å². The van der Waals surface area contributed by atoms with E-state index >= 15 is 0 Å². The van der Waals surface area contributed by atoms with Gasteiger partial charge in [0, 0.05) is 12.6 Å². The van der Waals surface area contributed by atoms with Crippen LogP contribution in [0, 0.1) is 17.8 Å². The van der Waals surface area contributed by atoms with Crippen LogP contribution in [0.25, 0.3) is 0 Å². The van der Waals surface area contributed by atoms with E-state index in [-0.39, 0.29) is 0 Å². The number of guanidine groups is 1. The molecule has 2 fully saturated rings. The minimum absolute atomic E-state index is 0.587. The molecule has 3 nitrogen and oxygen atoms in total. The summed E-state index contributed by atoms with van der Waals surface area (Å²) in [5.41, 5.74) is 5.89. The lowest BCUT2D eigenvalue weighted by molar-refractivity contribution is 0.316. The van der Waals surface area contributed by atoms with Crippen molar-refractivity contribution in [3.05, 3.63) is 0 Å². The van der Waals surface area contributed by atoms with Crippen molar-refractivity contribution in [2.75, 3.05) is 6.54 Å². The molecule has 0 radical (unpaired) electrons. The van der Waals surface area contributed by atoms with E-state index in [2.05, 4.69) is 24.2 Å². The van der Waals surface area contributed by atoms with E-state index in [1.54, 1.807) is 0 Å². The largest absolute Gasteiger partial charge is 0.370 e. The quantitative estimate of drug-likeness (QED) is 0.583. The Bertz CT molecular complexity index is 267. The fraction of sp³-hybridized carbons (Fsp3) is 0.929. The number of hydrogen-bond acceptors (Lipinski definition) is 1. The molecular weight excluding hydrogens is 210 g/mol. The molecule has 0 heterocycles. The highest BCUT2D eigenvalue weighted by molar-refractivity contribution is 5.78. The molecule has 0 aromatic heterocycles. The van der Waals surface area contributed by atoms with Crippen LogP contribution in [-0.2, 0) is 0 Å². The number of nitrogens with two attached hydrogens (primary N) is 1. The predicted molar refractivity (Wildman–Crippen MR) is 72.9 cm³/mol. The van der Waals surface area contributed by atoms with Gasteiger partial charge in [-0.25, -0.2) is 0 Å². The first-order chi connectivity index (χ1) is 8.16. The molecule has 0 amide bonds. The summed E-state index contributed by atoms with van der Waals surface area (Å²) in [7, 11) is 0. The molecule has 2 saturated carbocycles. The van der Waals surface area contributed by atoms with Crippen molar-refractivity contribution in [1.82, 2.24) is 5.32 Å². The number of aliphatic imine (C=N–C) groups is 1. The van der Waals surface area contributed by atoms with Gasteiger partial charge in [0.1, 0.15) is 0 Å². The van der Waals surface area contributed by atoms with Gasteiger partial charge in [-0.1, -0.05) is 46.0 Å². The average molecular weight is 237 g/mol. The summed E-state index contributed by atoms with van der Waals surface area (Å²) in [5, 5.41) is 3.38. The number of hydrogen-bond donors (Lipinski definition) is 2. The first-order valence-corrected chi connectivity index (χ1v) is 7.23. The highest BCUT2D eigenvalue weighted by Gasteiger charge is 2.43. The topological polar surface area (TPSA) is 50.4 Å². The highest BCUT2D eigenvalue weighted by Crippen LogP contribution is 2.44. The Labute approximate surface area is 105 Å². The molecule has 2 unspecified atom stereocenters. The van der Waals surface area contributed by atoms with Crippen molar-refractivity contribution in [3.8, 4) is 0 Å². The monoisotopic (exact) mass is 237 g/mol. The zero-order valence-corrected chi connectivity index (χ0v) is 11.3. The van der Waals surface area contributed by atoms with Gasteiger partial charge in [0.05, 0.1) is 0 Å².